The van der Waals surface area contributed by atoms with Crippen molar-refractivity contribution in [2.75, 3.05) is 19.8 Å². The summed E-state index contributed by atoms with van der Waals surface area (Å²) in [5, 5.41) is 0. The maximum absolute atomic E-state index is 6.50. The van der Waals surface area contributed by atoms with Crippen molar-refractivity contribution in [1.82, 2.24) is 0 Å². The second-order valence-electron chi connectivity index (χ2n) is 8.39. The lowest BCUT2D eigenvalue weighted by Gasteiger charge is -2.42. The van der Waals surface area contributed by atoms with Gasteiger partial charge in [0.25, 0.3) is 0 Å². The van der Waals surface area contributed by atoms with Crippen molar-refractivity contribution in [3.05, 3.63) is 108 Å². The highest BCUT2D eigenvalue weighted by Gasteiger charge is 2.43. The molecule has 5 nitrogen and oxygen atoms in total. The Kier molecular flexibility index (Phi) is 9.67. The summed E-state index contributed by atoms with van der Waals surface area (Å²) in [4.78, 5) is 0. The number of rotatable bonds is 12. The topological polar surface area (TPSA) is 46.2 Å². The molecule has 4 rings (SSSR count). The molecule has 0 spiro atoms. The molecule has 3 aromatic carbocycles. The van der Waals surface area contributed by atoms with Gasteiger partial charge < -0.3 is 23.7 Å². The summed E-state index contributed by atoms with van der Waals surface area (Å²) >= 11 is 0. The molecule has 0 bridgehead atoms. The zero-order valence-electron chi connectivity index (χ0n) is 19.8. The molecule has 0 amide bonds. The van der Waals surface area contributed by atoms with Crippen molar-refractivity contribution in [3.8, 4) is 0 Å². The molecule has 1 aliphatic heterocycles. The monoisotopic (exact) mass is 462 g/mol. The van der Waals surface area contributed by atoms with Crippen LogP contribution in [0.5, 0.6) is 0 Å². The van der Waals surface area contributed by atoms with Crippen molar-refractivity contribution >= 4 is 0 Å². The third kappa shape index (κ3) is 7.23. The minimum atomic E-state index is -0.329. The minimum Gasteiger partial charge on any atom is -0.379 e. The minimum absolute atomic E-state index is 0.235. The normalized spacial score (nSPS) is 22.5. The van der Waals surface area contributed by atoms with Gasteiger partial charge in [0.1, 0.15) is 24.4 Å². The molecule has 0 aromatic heterocycles. The van der Waals surface area contributed by atoms with Gasteiger partial charge >= 0.3 is 0 Å². The predicted molar refractivity (Wildman–Crippen MR) is 131 cm³/mol. The van der Waals surface area contributed by atoms with E-state index < -0.39 is 0 Å². The lowest BCUT2D eigenvalue weighted by Crippen LogP contribution is -2.57. The highest BCUT2D eigenvalue weighted by atomic mass is 16.6. The van der Waals surface area contributed by atoms with Crippen LogP contribution in [0.25, 0.3) is 0 Å². The Balaban J connectivity index is 1.51. The Morgan fingerprint density at radius 3 is 1.62 bits per heavy atom. The van der Waals surface area contributed by atoms with E-state index in [-0.39, 0.29) is 24.4 Å². The van der Waals surface area contributed by atoms with Gasteiger partial charge in [-0.05, 0) is 23.6 Å². The SMILES string of the molecule is CCOCC1OC[C@H](OCc2ccccc2)[C@@H](OCc2ccccc2)[C@@H]1OCc1ccccc1. The third-order valence-corrected chi connectivity index (χ3v) is 5.89. The Hall–Kier alpha value is -2.54. The summed E-state index contributed by atoms with van der Waals surface area (Å²) in [6.45, 7) is 4.91. The van der Waals surface area contributed by atoms with E-state index in [2.05, 4.69) is 36.4 Å². The molecular weight excluding hydrogens is 428 g/mol. The molecule has 1 aliphatic rings. The molecule has 5 heteroatoms. The summed E-state index contributed by atoms with van der Waals surface area (Å²) in [7, 11) is 0. The van der Waals surface area contributed by atoms with Crippen LogP contribution in [0.1, 0.15) is 23.6 Å². The molecule has 1 saturated heterocycles. The van der Waals surface area contributed by atoms with E-state index in [1.165, 1.54) is 0 Å². The van der Waals surface area contributed by atoms with Crippen LogP contribution in [0.15, 0.2) is 91.0 Å². The van der Waals surface area contributed by atoms with Gasteiger partial charge in [-0.15, -0.1) is 0 Å². The summed E-state index contributed by atoms with van der Waals surface area (Å²) < 4.78 is 31.2. The molecule has 3 aromatic rings. The number of hydrogen-bond acceptors (Lipinski definition) is 5. The smallest absolute Gasteiger partial charge is 0.115 e. The summed E-state index contributed by atoms with van der Waals surface area (Å²) in [6, 6.07) is 30.5. The number of ether oxygens (including phenoxy) is 5. The predicted octanol–water partition coefficient (Wildman–Crippen LogP) is 5.18. The molecule has 1 unspecified atom stereocenters. The first-order valence-corrected chi connectivity index (χ1v) is 12.0. The Morgan fingerprint density at radius 2 is 1.12 bits per heavy atom. The molecule has 34 heavy (non-hydrogen) atoms. The fourth-order valence-electron chi connectivity index (χ4n) is 4.07. The molecule has 0 radical (unpaired) electrons. The standard InChI is InChI=1S/C29H34O5/c1-2-30-21-26-28(33-19-24-14-8-4-9-15-24)29(34-20-25-16-10-5-11-17-25)27(22-32-26)31-18-23-12-6-3-7-13-23/h3-17,26-29H,2,18-22H2,1H3/t26?,27-,28+,29+/m0/s1. The molecule has 1 fully saturated rings. The van der Waals surface area contributed by atoms with Crippen molar-refractivity contribution in [2.24, 2.45) is 0 Å². The summed E-state index contributed by atoms with van der Waals surface area (Å²) in [6.07, 6.45) is -1.12. The lowest BCUT2D eigenvalue weighted by molar-refractivity contribution is -0.245. The largest absolute Gasteiger partial charge is 0.379 e. The van der Waals surface area contributed by atoms with Gasteiger partial charge in [-0.3, -0.25) is 0 Å². The van der Waals surface area contributed by atoms with Crippen LogP contribution >= 0.6 is 0 Å². The maximum Gasteiger partial charge on any atom is 0.115 e. The van der Waals surface area contributed by atoms with Crippen LogP contribution in [0, 0.1) is 0 Å². The molecule has 4 atom stereocenters. The third-order valence-electron chi connectivity index (χ3n) is 5.89. The first-order chi connectivity index (χ1) is 16.8. The fraction of sp³-hybridized carbons (Fsp3) is 0.379. The molecule has 180 valence electrons. The average molecular weight is 463 g/mol. The van der Waals surface area contributed by atoms with Crippen molar-refractivity contribution in [3.63, 3.8) is 0 Å². The second kappa shape index (κ2) is 13.4. The fourth-order valence-corrected chi connectivity index (χ4v) is 4.07. The van der Waals surface area contributed by atoms with Gasteiger partial charge in [0, 0.05) is 6.61 Å². The molecular formula is C29H34O5. The number of hydrogen-bond donors (Lipinski definition) is 0. The molecule has 1 heterocycles. The van der Waals surface area contributed by atoms with Gasteiger partial charge in [-0.1, -0.05) is 91.0 Å². The Bertz CT molecular complexity index is 935. The Labute approximate surface area is 202 Å². The highest BCUT2D eigenvalue weighted by Crippen LogP contribution is 2.27. The highest BCUT2D eigenvalue weighted by molar-refractivity contribution is 5.15. The van der Waals surface area contributed by atoms with E-state index in [0.29, 0.717) is 39.6 Å². The summed E-state index contributed by atoms with van der Waals surface area (Å²) in [5.41, 5.74) is 3.33. The summed E-state index contributed by atoms with van der Waals surface area (Å²) in [5.74, 6) is 0. The van der Waals surface area contributed by atoms with E-state index in [9.17, 15) is 0 Å². The van der Waals surface area contributed by atoms with E-state index in [4.69, 9.17) is 23.7 Å². The first kappa shape index (κ1) is 24.6. The number of benzene rings is 3. The van der Waals surface area contributed by atoms with Gasteiger partial charge in [0.05, 0.1) is 33.0 Å². The van der Waals surface area contributed by atoms with Gasteiger partial charge in [-0.2, -0.15) is 0 Å². The van der Waals surface area contributed by atoms with Gasteiger partial charge in [-0.25, -0.2) is 0 Å². The van der Waals surface area contributed by atoms with Crippen LogP contribution < -0.4 is 0 Å². The van der Waals surface area contributed by atoms with E-state index in [1.54, 1.807) is 0 Å². The molecule has 0 aliphatic carbocycles. The zero-order valence-corrected chi connectivity index (χ0v) is 19.8. The average Bonchev–Trinajstić information content (AvgIpc) is 2.90. The lowest BCUT2D eigenvalue weighted by atomic mass is 9.99. The first-order valence-electron chi connectivity index (χ1n) is 12.0. The zero-order chi connectivity index (χ0) is 23.4. The van der Waals surface area contributed by atoms with Crippen molar-refractivity contribution in [1.29, 1.82) is 0 Å². The van der Waals surface area contributed by atoms with Crippen LogP contribution in [-0.2, 0) is 43.5 Å². The quantitative estimate of drug-likeness (QED) is 0.371. The maximum atomic E-state index is 6.50. The van der Waals surface area contributed by atoms with Crippen molar-refractivity contribution < 1.29 is 23.7 Å². The van der Waals surface area contributed by atoms with Crippen molar-refractivity contribution in [2.45, 2.75) is 51.2 Å². The van der Waals surface area contributed by atoms with E-state index in [1.807, 2.05) is 61.5 Å². The van der Waals surface area contributed by atoms with Crippen LogP contribution in [0.3, 0.4) is 0 Å². The second-order valence-corrected chi connectivity index (χ2v) is 8.39. The molecule has 0 saturated carbocycles. The van der Waals surface area contributed by atoms with Gasteiger partial charge in [0.15, 0.2) is 0 Å². The van der Waals surface area contributed by atoms with E-state index in [0.717, 1.165) is 16.7 Å². The molecule has 0 N–H and O–H groups in total. The van der Waals surface area contributed by atoms with Crippen LogP contribution in [-0.4, -0.2) is 44.2 Å². The van der Waals surface area contributed by atoms with E-state index >= 15 is 0 Å². The van der Waals surface area contributed by atoms with Gasteiger partial charge in [0.2, 0.25) is 0 Å². The van der Waals surface area contributed by atoms with Crippen LogP contribution in [0.4, 0.5) is 0 Å². The van der Waals surface area contributed by atoms with Crippen LogP contribution in [0.2, 0.25) is 0 Å². The Morgan fingerprint density at radius 1 is 0.647 bits per heavy atom.